The highest BCUT2D eigenvalue weighted by molar-refractivity contribution is 6.48. The molecule has 3 saturated carbocycles. The Morgan fingerprint density at radius 2 is 1.74 bits per heavy atom. The van der Waals surface area contributed by atoms with Crippen molar-refractivity contribution in [1.29, 1.82) is 0 Å². The number of amides is 4. The van der Waals surface area contributed by atoms with Crippen LogP contribution in [-0.4, -0.2) is 103 Å². The van der Waals surface area contributed by atoms with Crippen LogP contribution >= 0.6 is 0 Å². The molecular formula is C40H57BN4O9. The molecule has 3 aliphatic carbocycles. The zero-order valence-corrected chi connectivity index (χ0v) is 32.5. The van der Waals surface area contributed by atoms with E-state index >= 15 is 0 Å². The van der Waals surface area contributed by atoms with Gasteiger partial charge >= 0.3 is 19.3 Å². The quantitative estimate of drug-likeness (QED) is 0.242. The molecule has 2 bridgehead atoms. The van der Waals surface area contributed by atoms with Crippen LogP contribution < -0.4 is 10.6 Å². The van der Waals surface area contributed by atoms with Crippen molar-refractivity contribution in [2.45, 2.75) is 128 Å². The van der Waals surface area contributed by atoms with Gasteiger partial charge in [0.05, 0.1) is 30.8 Å². The molecular weight excluding hydrogens is 691 g/mol. The van der Waals surface area contributed by atoms with E-state index in [9.17, 15) is 19.2 Å². The van der Waals surface area contributed by atoms with Gasteiger partial charge < -0.3 is 39.1 Å². The zero-order valence-electron chi connectivity index (χ0n) is 32.5. The van der Waals surface area contributed by atoms with Crippen molar-refractivity contribution in [1.82, 2.24) is 20.4 Å². The van der Waals surface area contributed by atoms with Crippen molar-refractivity contribution < 1.29 is 42.7 Å². The van der Waals surface area contributed by atoms with Crippen LogP contribution in [0.2, 0.25) is 0 Å². The normalized spacial score (nSPS) is 30.8. The summed E-state index contributed by atoms with van der Waals surface area (Å²) >= 11 is 0. The van der Waals surface area contributed by atoms with E-state index in [-0.39, 0.29) is 37.0 Å². The number of rotatable bonds is 11. The van der Waals surface area contributed by atoms with Gasteiger partial charge in [-0.3, -0.25) is 14.5 Å². The highest BCUT2D eigenvalue weighted by Crippen LogP contribution is 2.65. The second kappa shape index (κ2) is 15.5. The number of benzene rings is 1. The van der Waals surface area contributed by atoms with Gasteiger partial charge in [0.1, 0.15) is 18.2 Å². The first-order chi connectivity index (χ1) is 25.8. The first-order valence-corrected chi connectivity index (χ1v) is 19.9. The number of nitrogens with one attached hydrogen (secondary N) is 2. The van der Waals surface area contributed by atoms with Gasteiger partial charge in [-0.05, 0) is 85.8 Å². The number of hydrogen-bond acceptors (Lipinski definition) is 9. The Balaban J connectivity index is 1.06. The molecule has 0 spiro atoms. The molecule has 294 valence electrons. The predicted molar refractivity (Wildman–Crippen MR) is 200 cm³/mol. The summed E-state index contributed by atoms with van der Waals surface area (Å²) in [5.41, 5.74) is 2.23. The summed E-state index contributed by atoms with van der Waals surface area (Å²) in [6.07, 6.45) is 3.04. The van der Waals surface area contributed by atoms with E-state index < -0.39 is 60.8 Å². The van der Waals surface area contributed by atoms with E-state index in [1.165, 1.54) is 4.90 Å². The summed E-state index contributed by atoms with van der Waals surface area (Å²) < 4.78 is 30.3. The maximum absolute atomic E-state index is 14.4. The third-order valence-corrected chi connectivity index (χ3v) is 13.2. The number of carbonyl (C=O) groups excluding carboxylic acids is 4. The predicted octanol–water partition coefficient (Wildman–Crippen LogP) is 4.76. The lowest BCUT2D eigenvalue weighted by molar-refractivity contribution is -0.199. The summed E-state index contributed by atoms with van der Waals surface area (Å²) in [7, 11) is -0.634. The fourth-order valence-corrected chi connectivity index (χ4v) is 9.82. The Kier molecular flexibility index (Phi) is 11.1. The van der Waals surface area contributed by atoms with Crippen LogP contribution in [0.1, 0.15) is 90.7 Å². The van der Waals surface area contributed by atoms with Gasteiger partial charge in [0.2, 0.25) is 11.8 Å². The Hall–Kier alpha value is -3.62. The standard InChI is InChI=1S/C40H57BN4O9/c1-7-10-33(41-53-32-18-28-17-31(39(28,4)5)40(32,6)54-41)42-35(46)30-19-29(52-38(49)44-20-26-11-8-9-12-27(26)21-44)22-45(30)36(47)34(24(2)3)43-37(48)51-23-25-13-15-50-16-14-25/h8-9,11-12,25,28-34H,2,7,10,13-23H2,1,3-6H3,(H,42,46)(H,43,48)/t28-,29+,30-,31-,32+,33-,34-,40-/m0/s1. The second-order valence-electron chi connectivity index (χ2n) is 17.2. The molecule has 4 aliphatic heterocycles. The zero-order chi connectivity index (χ0) is 38.4. The molecule has 7 aliphatic rings. The monoisotopic (exact) mass is 748 g/mol. The lowest BCUT2D eigenvalue weighted by Gasteiger charge is -2.64. The van der Waals surface area contributed by atoms with Crippen LogP contribution in [0, 0.1) is 23.2 Å². The number of likely N-dealkylation sites (tertiary alicyclic amines) is 1. The number of nitrogens with zero attached hydrogens (tertiary/aromatic N) is 2. The molecule has 1 aromatic carbocycles. The molecule has 0 radical (unpaired) electrons. The maximum atomic E-state index is 14.4. The number of fused-ring (bicyclic) bond motifs is 1. The number of ether oxygens (including phenoxy) is 3. The molecule has 4 heterocycles. The molecule has 3 saturated heterocycles. The molecule has 13 nitrogen and oxygen atoms in total. The fraction of sp³-hybridized carbons (Fsp3) is 0.700. The van der Waals surface area contributed by atoms with Crippen molar-refractivity contribution in [3.05, 3.63) is 47.5 Å². The average molecular weight is 749 g/mol. The van der Waals surface area contributed by atoms with Gasteiger partial charge in [-0.25, -0.2) is 9.59 Å². The Morgan fingerprint density at radius 1 is 1.04 bits per heavy atom. The van der Waals surface area contributed by atoms with Crippen LogP contribution in [0.15, 0.2) is 36.4 Å². The molecule has 14 heteroatoms. The minimum absolute atomic E-state index is 0.0286. The van der Waals surface area contributed by atoms with Crippen LogP contribution in [-0.2, 0) is 46.2 Å². The van der Waals surface area contributed by atoms with E-state index in [1.807, 2.05) is 31.2 Å². The van der Waals surface area contributed by atoms with Gasteiger partial charge in [-0.1, -0.05) is 58.0 Å². The molecule has 8 rings (SSSR count). The largest absolute Gasteiger partial charge is 0.481 e. The van der Waals surface area contributed by atoms with Gasteiger partial charge in [0.25, 0.3) is 0 Å². The molecule has 0 unspecified atom stereocenters. The van der Waals surface area contributed by atoms with Gasteiger partial charge in [-0.15, -0.1) is 0 Å². The molecule has 54 heavy (non-hydrogen) atoms. The summed E-state index contributed by atoms with van der Waals surface area (Å²) in [5.74, 6) is -0.243. The minimum Gasteiger partial charge on any atom is -0.449 e. The third kappa shape index (κ3) is 7.50. The summed E-state index contributed by atoms with van der Waals surface area (Å²) in [4.78, 5) is 58.2. The molecule has 1 aromatic rings. The van der Waals surface area contributed by atoms with E-state index in [4.69, 9.17) is 23.5 Å². The highest BCUT2D eigenvalue weighted by atomic mass is 16.7. The van der Waals surface area contributed by atoms with Crippen molar-refractivity contribution in [2.24, 2.45) is 23.2 Å². The van der Waals surface area contributed by atoms with E-state index in [2.05, 4.69) is 38.0 Å². The van der Waals surface area contributed by atoms with Crippen molar-refractivity contribution >= 4 is 31.1 Å². The van der Waals surface area contributed by atoms with Crippen molar-refractivity contribution in [3.63, 3.8) is 0 Å². The van der Waals surface area contributed by atoms with Crippen LogP contribution in [0.3, 0.4) is 0 Å². The second-order valence-corrected chi connectivity index (χ2v) is 17.2. The SMILES string of the molecule is C=C(C)[C@H](NC(=O)OCC1CCOCC1)C(=O)N1C[C@H](OC(=O)N2Cc3ccccc3C2)C[C@H]1C(=O)N[C@@H](CCC)B1O[C@@H]2C[C@@H]3C[C@@H](C3(C)C)[C@]2(C)O1. The smallest absolute Gasteiger partial charge is 0.449 e. The molecule has 6 fully saturated rings. The van der Waals surface area contributed by atoms with Gasteiger partial charge in [0, 0.05) is 32.7 Å². The van der Waals surface area contributed by atoms with Crippen LogP contribution in [0.25, 0.3) is 0 Å². The average Bonchev–Trinajstić information content (AvgIpc) is 3.87. The molecule has 8 atom stereocenters. The minimum atomic E-state index is -1.16. The maximum Gasteiger partial charge on any atom is 0.481 e. The first kappa shape index (κ1) is 38.7. The first-order valence-electron chi connectivity index (χ1n) is 19.9. The summed E-state index contributed by atoms with van der Waals surface area (Å²) in [5, 5.41) is 5.88. The molecule has 0 aromatic heterocycles. The Morgan fingerprint density at radius 3 is 2.39 bits per heavy atom. The highest BCUT2D eigenvalue weighted by Gasteiger charge is 2.68. The van der Waals surface area contributed by atoms with Gasteiger partial charge in [0.15, 0.2) is 0 Å². The summed E-state index contributed by atoms with van der Waals surface area (Å²) in [6.45, 7) is 16.7. The van der Waals surface area contributed by atoms with E-state index in [0.717, 1.165) is 43.2 Å². The van der Waals surface area contributed by atoms with E-state index in [1.54, 1.807) is 11.8 Å². The lowest BCUT2D eigenvalue weighted by Crippen LogP contribution is -2.65. The Bertz CT molecular complexity index is 1590. The van der Waals surface area contributed by atoms with Crippen LogP contribution in [0.5, 0.6) is 0 Å². The van der Waals surface area contributed by atoms with Crippen molar-refractivity contribution in [3.8, 4) is 0 Å². The lowest BCUT2D eigenvalue weighted by atomic mass is 9.43. The number of carbonyl (C=O) groups is 4. The van der Waals surface area contributed by atoms with Gasteiger partial charge in [-0.2, -0.15) is 0 Å². The third-order valence-electron chi connectivity index (χ3n) is 13.2. The fourth-order valence-electron chi connectivity index (χ4n) is 9.82. The molecule has 2 N–H and O–H groups in total. The number of alkyl carbamates (subject to hydrolysis) is 1. The topological polar surface area (TPSA) is 145 Å². The van der Waals surface area contributed by atoms with Crippen LogP contribution in [0.4, 0.5) is 9.59 Å². The Labute approximate surface area is 319 Å². The van der Waals surface area contributed by atoms with E-state index in [0.29, 0.717) is 50.1 Å². The summed E-state index contributed by atoms with van der Waals surface area (Å²) in [6, 6.07) is 5.71. The van der Waals surface area contributed by atoms with Crippen molar-refractivity contribution in [2.75, 3.05) is 26.4 Å². The number of hydrogen-bond donors (Lipinski definition) is 2. The molecule has 4 amide bonds.